The molecule has 1 N–H and O–H groups in total. The number of hydrogen-bond acceptors (Lipinski definition) is 6. The smallest absolute Gasteiger partial charge is 0.181 e. The molecule has 8 heteroatoms. The van der Waals surface area contributed by atoms with Gasteiger partial charge in [-0.3, -0.25) is 10.00 Å². The van der Waals surface area contributed by atoms with E-state index >= 15 is 0 Å². The summed E-state index contributed by atoms with van der Waals surface area (Å²) in [6, 6.07) is 10.3. The molecule has 2 aromatic heterocycles. The molecule has 3 aromatic rings. The molecule has 8 nitrogen and oxygen atoms in total. The van der Waals surface area contributed by atoms with Gasteiger partial charge in [-0.25, -0.2) is 9.67 Å². The van der Waals surface area contributed by atoms with Crippen molar-refractivity contribution in [3.63, 3.8) is 0 Å². The fourth-order valence-corrected chi connectivity index (χ4v) is 3.47. The van der Waals surface area contributed by atoms with Crippen LogP contribution < -0.4 is 0 Å². The number of benzene rings is 1. The van der Waals surface area contributed by atoms with Gasteiger partial charge in [-0.2, -0.15) is 5.10 Å². The second-order valence-electron chi connectivity index (χ2n) is 7.72. The van der Waals surface area contributed by atoms with Crippen LogP contribution in [0.5, 0.6) is 0 Å². The molecule has 1 fully saturated rings. The fourth-order valence-electron chi connectivity index (χ4n) is 3.47. The van der Waals surface area contributed by atoms with Gasteiger partial charge in [0.25, 0.3) is 0 Å². The number of aromatic amines is 1. The minimum absolute atomic E-state index is 0.138. The number of nitrogens with one attached hydrogen (secondary N) is 1. The van der Waals surface area contributed by atoms with E-state index in [0.717, 1.165) is 42.4 Å². The summed E-state index contributed by atoms with van der Waals surface area (Å²) in [5, 5.41) is 19.8. The molecule has 0 aliphatic carbocycles. The first kappa shape index (κ1) is 16.8. The molecule has 0 radical (unpaired) electrons. The molecular formula is C18H24N8. The van der Waals surface area contributed by atoms with Crippen molar-refractivity contribution in [3.05, 3.63) is 42.0 Å². The van der Waals surface area contributed by atoms with Gasteiger partial charge in [0.15, 0.2) is 11.6 Å². The van der Waals surface area contributed by atoms with Gasteiger partial charge in [0, 0.05) is 5.56 Å². The standard InChI is InChI=1S/C18H24N8/c1-18(2,3)26-15(20-23-24-26)12-25-11-7-10-14(25)17-19-16(21-22-17)13-8-5-4-6-9-13/h4-6,8-9,14H,7,10-12H2,1-3H3,(H,19,21,22). The number of hydrogen-bond donors (Lipinski definition) is 1. The average molecular weight is 352 g/mol. The van der Waals surface area contributed by atoms with E-state index in [0.29, 0.717) is 6.54 Å². The highest BCUT2D eigenvalue weighted by Crippen LogP contribution is 2.32. The van der Waals surface area contributed by atoms with Crippen molar-refractivity contribution in [2.24, 2.45) is 0 Å². The number of aromatic nitrogens is 7. The molecule has 1 saturated heterocycles. The van der Waals surface area contributed by atoms with Gasteiger partial charge in [-0.1, -0.05) is 30.3 Å². The molecule has 26 heavy (non-hydrogen) atoms. The SMILES string of the molecule is CC(C)(C)n1nnnc1CN1CCCC1c1nc(-c2ccccc2)n[nH]1. The van der Waals surface area contributed by atoms with Crippen LogP contribution in [0.2, 0.25) is 0 Å². The molecule has 3 heterocycles. The van der Waals surface area contributed by atoms with Gasteiger partial charge in [0.05, 0.1) is 18.1 Å². The summed E-state index contributed by atoms with van der Waals surface area (Å²) in [7, 11) is 0. The number of rotatable bonds is 4. The summed E-state index contributed by atoms with van der Waals surface area (Å²) in [6.45, 7) is 8.03. The monoisotopic (exact) mass is 352 g/mol. The van der Waals surface area contributed by atoms with E-state index in [-0.39, 0.29) is 11.6 Å². The Hall–Kier alpha value is -2.61. The summed E-state index contributed by atoms with van der Waals surface area (Å²) < 4.78 is 1.90. The molecule has 0 spiro atoms. The molecule has 1 unspecified atom stereocenters. The van der Waals surface area contributed by atoms with E-state index in [1.54, 1.807) is 0 Å². The van der Waals surface area contributed by atoms with Crippen LogP contribution in [0.15, 0.2) is 30.3 Å². The maximum absolute atomic E-state index is 4.75. The summed E-state index contributed by atoms with van der Waals surface area (Å²) >= 11 is 0. The first-order valence-corrected chi connectivity index (χ1v) is 9.02. The maximum atomic E-state index is 4.75. The Morgan fingerprint density at radius 3 is 2.77 bits per heavy atom. The Morgan fingerprint density at radius 2 is 2.00 bits per heavy atom. The molecule has 136 valence electrons. The Labute approximate surface area is 152 Å². The van der Waals surface area contributed by atoms with Gasteiger partial charge < -0.3 is 0 Å². The Morgan fingerprint density at radius 1 is 1.19 bits per heavy atom. The zero-order valence-electron chi connectivity index (χ0n) is 15.4. The van der Waals surface area contributed by atoms with Crippen molar-refractivity contribution in [2.75, 3.05) is 6.54 Å². The second-order valence-corrected chi connectivity index (χ2v) is 7.72. The lowest BCUT2D eigenvalue weighted by Gasteiger charge is -2.25. The van der Waals surface area contributed by atoms with E-state index in [4.69, 9.17) is 4.98 Å². The van der Waals surface area contributed by atoms with Crippen LogP contribution in [0, 0.1) is 0 Å². The van der Waals surface area contributed by atoms with Crippen molar-refractivity contribution in [2.45, 2.75) is 51.7 Å². The highest BCUT2D eigenvalue weighted by molar-refractivity contribution is 5.53. The number of tetrazole rings is 1. The number of H-pyrrole nitrogens is 1. The topological polar surface area (TPSA) is 88.4 Å². The van der Waals surface area contributed by atoms with Crippen LogP contribution in [0.25, 0.3) is 11.4 Å². The van der Waals surface area contributed by atoms with E-state index in [9.17, 15) is 0 Å². The fraction of sp³-hybridized carbons (Fsp3) is 0.500. The van der Waals surface area contributed by atoms with Crippen molar-refractivity contribution in [1.82, 2.24) is 40.3 Å². The van der Waals surface area contributed by atoms with Crippen molar-refractivity contribution < 1.29 is 0 Å². The number of likely N-dealkylation sites (tertiary alicyclic amines) is 1. The minimum Gasteiger partial charge on any atom is -0.286 e. The highest BCUT2D eigenvalue weighted by Gasteiger charge is 2.31. The molecule has 1 aromatic carbocycles. The lowest BCUT2D eigenvalue weighted by molar-refractivity contribution is 0.219. The molecular weight excluding hydrogens is 328 g/mol. The van der Waals surface area contributed by atoms with E-state index in [1.165, 1.54) is 0 Å². The largest absolute Gasteiger partial charge is 0.286 e. The predicted octanol–water partition coefficient (Wildman–Crippen LogP) is 2.55. The average Bonchev–Trinajstić information content (AvgIpc) is 3.35. The third-order valence-electron chi connectivity index (χ3n) is 4.73. The van der Waals surface area contributed by atoms with Crippen molar-refractivity contribution in [1.29, 1.82) is 0 Å². The third-order valence-corrected chi connectivity index (χ3v) is 4.73. The van der Waals surface area contributed by atoms with Crippen LogP contribution >= 0.6 is 0 Å². The highest BCUT2D eigenvalue weighted by atomic mass is 15.6. The quantitative estimate of drug-likeness (QED) is 0.776. The Bertz CT molecular complexity index is 861. The van der Waals surface area contributed by atoms with E-state index < -0.39 is 0 Å². The Balaban J connectivity index is 1.55. The first-order chi connectivity index (χ1) is 12.5. The summed E-state index contributed by atoms with van der Waals surface area (Å²) in [5.41, 5.74) is 0.886. The number of nitrogens with zero attached hydrogens (tertiary/aromatic N) is 7. The van der Waals surface area contributed by atoms with Crippen LogP contribution in [-0.4, -0.2) is 46.8 Å². The van der Waals surface area contributed by atoms with Gasteiger partial charge in [0.2, 0.25) is 0 Å². The molecule has 4 rings (SSSR count). The van der Waals surface area contributed by atoms with Crippen LogP contribution in [0.3, 0.4) is 0 Å². The van der Waals surface area contributed by atoms with Gasteiger partial charge in [-0.15, -0.1) is 5.10 Å². The molecule has 1 aliphatic rings. The lowest BCUT2D eigenvalue weighted by Crippen LogP contribution is -2.30. The molecule has 1 atom stereocenters. The minimum atomic E-state index is -0.138. The van der Waals surface area contributed by atoms with Crippen molar-refractivity contribution >= 4 is 0 Å². The van der Waals surface area contributed by atoms with Gasteiger partial charge >= 0.3 is 0 Å². The molecule has 0 saturated carbocycles. The zero-order chi connectivity index (χ0) is 18.1. The van der Waals surface area contributed by atoms with Crippen LogP contribution in [0.1, 0.15) is 51.3 Å². The zero-order valence-corrected chi connectivity index (χ0v) is 15.4. The molecule has 1 aliphatic heterocycles. The summed E-state index contributed by atoms with van der Waals surface area (Å²) in [5.74, 6) is 2.54. The molecule has 0 bridgehead atoms. The predicted molar refractivity (Wildman–Crippen MR) is 97.0 cm³/mol. The maximum Gasteiger partial charge on any atom is 0.181 e. The van der Waals surface area contributed by atoms with E-state index in [2.05, 4.69) is 51.4 Å². The van der Waals surface area contributed by atoms with Gasteiger partial charge in [-0.05, 0) is 50.6 Å². The third kappa shape index (κ3) is 3.24. The van der Waals surface area contributed by atoms with Crippen LogP contribution in [0.4, 0.5) is 0 Å². The normalized spacial score (nSPS) is 18.5. The van der Waals surface area contributed by atoms with Crippen LogP contribution in [-0.2, 0) is 12.1 Å². The van der Waals surface area contributed by atoms with Crippen molar-refractivity contribution in [3.8, 4) is 11.4 Å². The first-order valence-electron chi connectivity index (χ1n) is 9.02. The second kappa shape index (κ2) is 6.60. The molecule has 0 amide bonds. The van der Waals surface area contributed by atoms with Gasteiger partial charge in [0.1, 0.15) is 5.82 Å². The van der Waals surface area contributed by atoms with E-state index in [1.807, 2.05) is 35.0 Å². The Kier molecular flexibility index (Phi) is 4.28. The summed E-state index contributed by atoms with van der Waals surface area (Å²) in [4.78, 5) is 7.12. The lowest BCUT2D eigenvalue weighted by atomic mass is 10.1. The summed E-state index contributed by atoms with van der Waals surface area (Å²) in [6.07, 6.45) is 2.18.